The third-order valence-corrected chi connectivity index (χ3v) is 0.245. The molecule has 0 radical (unpaired) electrons. The number of hydrogen-bond donors (Lipinski definition) is 3. The van der Waals surface area contributed by atoms with Crippen LogP contribution in [0.3, 0.4) is 0 Å². The second-order valence-corrected chi connectivity index (χ2v) is 0.686. The summed E-state index contributed by atoms with van der Waals surface area (Å²) in [6.07, 6.45) is 0. The fraction of sp³-hybridized carbons (Fsp3) is 0. The van der Waals surface area contributed by atoms with Gasteiger partial charge in [0.05, 0.1) is 0 Å². The minimum Gasteiger partial charge on any atom is -0.440 e. The lowest BCUT2D eigenvalue weighted by molar-refractivity contribution is 0.381. The van der Waals surface area contributed by atoms with Crippen LogP contribution in [-0.4, -0.2) is 25.0 Å². The van der Waals surface area contributed by atoms with Crippen LogP contribution < -0.4 is 5.64 Å². The van der Waals surface area contributed by atoms with Crippen molar-refractivity contribution < 1.29 is 14.6 Å². The van der Waals surface area contributed by atoms with Crippen molar-refractivity contribution in [2.75, 3.05) is 0 Å². The zero-order chi connectivity index (χ0) is 4.99. The lowest BCUT2D eigenvalue weighted by Gasteiger charge is -1.91. The van der Waals surface area contributed by atoms with Crippen molar-refractivity contribution in [1.82, 2.24) is 0 Å². The second-order valence-electron chi connectivity index (χ2n) is 0.686. The van der Waals surface area contributed by atoms with E-state index in [9.17, 15) is 0 Å². The molecule has 0 amide bonds. The van der Waals surface area contributed by atoms with Gasteiger partial charge >= 0.3 is 14.9 Å². The Kier molecular flexibility index (Phi) is 3.16. The first-order valence-electron chi connectivity index (χ1n) is 1.43. The summed E-state index contributed by atoms with van der Waals surface area (Å²) in [7, 11) is -1.90. The normalized spacial score (nSPS) is 7.83. The second kappa shape index (κ2) is 3.17. The summed E-state index contributed by atoms with van der Waals surface area (Å²) in [5.74, 6) is 0. The SMILES string of the molecule is NB(O)OBO. The van der Waals surface area contributed by atoms with Gasteiger partial charge in [-0.3, -0.25) is 0 Å². The minimum atomic E-state index is -1.35. The van der Waals surface area contributed by atoms with Gasteiger partial charge in [-0.2, -0.15) is 0 Å². The van der Waals surface area contributed by atoms with E-state index in [1.54, 1.807) is 0 Å². The Morgan fingerprint density at radius 2 is 2.33 bits per heavy atom. The maximum Gasteiger partial charge on any atom is 0.535 e. The summed E-state index contributed by atoms with van der Waals surface area (Å²) in [6, 6.07) is 0. The Bertz CT molecular complexity index is 30.0. The van der Waals surface area contributed by atoms with E-state index >= 15 is 0 Å². The Balaban J connectivity index is 2.63. The standard InChI is InChI=1S/B2H5NO3/c3-2(5)6-1-4/h1,4-5H,3H2. The van der Waals surface area contributed by atoms with E-state index in [2.05, 4.69) is 10.2 Å². The summed E-state index contributed by atoms with van der Waals surface area (Å²) in [6.45, 7) is 0. The predicted molar refractivity (Wildman–Crippen MR) is 22.6 cm³/mol. The molecule has 34 valence electrons. The van der Waals surface area contributed by atoms with E-state index in [0.29, 0.717) is 0 Å². The van der Waals surface area contributed by atoms with Gasteiger partial charge in [-0.15, -0.1) is 0 Å². The number of rotatable bonds is 2. The molecule has 0 saturated heterocycles. The van der Waals surface area contributed by atoms with Crippen LogP contribution in [0.25, 0.3) is 0 Å². The zero-order valence-electron chi connectivity index (χ0n) is 3.16. The summed E-state index contributed by atoms with van der Waals surface area (Å²) >= 11 is 0. The summed E-state index contributed by atoms with van der Waals surface area (Å²) in [5.41, 5.74) is 4.58. The maximum absolute atomic E-state index is 7.95. The van der Waals surface area contributed by atoms with Gasteiger partial charge in [0.2, 0.25) is 0 Å². The van der Waals surface area contributed by atoms with Gasteiger partial charge < -0.3 is 20.3 Å². The quantitative estimate of drug-likeness (QED) is 0.319. The molecule has 0 rings (SSSR count). The van der Waals surface area contributed by atoms with Gasteiger partial charge in [-0.05, 0) is 0 Å². The molecule has 0 saturated carbocycles. The third kappa shape index (κ3) is 3.97. The summed E-state index contributed by atoms with van der Waals surface area (Å²) in [4.78, 5) is 0. The first-order chi connectivity index (χ1) is 2.77. The van der Waals surface area contributed by atoms with Crippen LogP contribution in [0, 0.1) is 0 Å². The van der Waals surface area contributed by atoms with Crippen molar-refractivity contribution in [3.63, 3.8) is 0 Å². The van der Waals surface area contributed by atoms with Gasteiger partial charge in [0.1, 0.15) is 0 Å². The van der Waals surface area contributed by atoms with Crippen LogP contribution in [0.4, 0.5) is 0 Å². The minimum absolute atomic E-state index is 0.544. The molecule has 6 heteroatoms. The molecule has 0 aromatic carbocycles. The highest BCUT2D eigenvalue weighted by Crippen LogP contribution is 1.59. The first-order valence-corrected chi connectivity index (χ1v) is 1.43. The highest BCUT2D eigenvalue weighted by atomic mass is 16.5. The average molecular weight is 88.7 g/mol. The van der Waals surface area contributed by atoms with Crippen LogP contribution in [0.15, 0.2) is 0 Å². The van der Waals surface area contributed by atoms with E-state index < -0.39 is 14.9 Å². The van der Waals surface area contributed by atoms with E-state index in [4.69, 9.17) is 10.0 Å². The van der Waals surface area contributed by atoms with E-state index in [1.807, 2.05) is 0 Å². The number of hydrogen-bond acceptors (Lipinski definition) is 4. The van der Waals surface area contributed by atoms with Crippen molar-refractivity contribution >= 4 is 14.9 Å². The molecule has 0 heterocycles. The fourth-order valence-electron chi connectivity index (χ4n) is 0.0764. The summed E-state index contributed by atoms with van der Waals surface area (Å²) in [5, 5.41) is 15.7. The van der Waals surface area contributed by atoms with Crippen molar-refractivity contribution in [2.45, 2.75) is 0 Å². The third-order valence-electron chi connectivity index (χ3n) is 0.245. The molecule has 0 spiro atoms. The van der Waals surface area contributed by atoms with Crippen molar-refractivity contribution in [1.29, 1.82) is 0 Å². The smallest absolute Gasteiger partial charge is 0.440 e. The molecule has 0 aromatic heterocycles. The van der Waals surface area contributed by atoms with E-state index in [-0.39, 0.29) is 0 Å². The summed E-state index contributed by atoms with van der Waals surface area (Å²) < 4.78 is 3.93. The molecular formula is H5B2NO3. The highest BCUT2D eigenvalue weighted by molar-refractivity contribution is 6.46. The molecule has 4 N–H and O–H groups in total. The Hall–Kier alpha value is -0.0301. The van der Waals surface area contributed by atoms with Crippen molar-refractivity contribution in [3.8, 4) is 0 Å². The van der Waals surface area contributed by atoms with Gasteiger partial charge in [-0.25, -0.2) is 0 Å². The lowest BCUT2D eigenvalue weighted by atomic mass is 10.1. The predicted octanol–water partition coefficient (Wildman–Crippen LogP) is -2.80. The van der Waals surface area contributed by atoms with E-state index in [0.717, 1.165) is 0 Å². The average Bonchev–Trinajstić information content (AvgIpc) is 1.35. The van der Waals surface area contributed by atoms with Crippen LogP contribution in [0.5, 0.6) is 0 Å². The van der Waals surface area contributed by atoms with Crippen molar-refractivity contribution in [2.24, 2.45) is 5.64 Å². The van der Waals surface area contributed by atoms with Gasteiger partial charge in [-0.1, -0.05) is 0 Å². The number of nitrogens with two attached hydrogens (primary N) is 1. The van der Waals surface area contributed by atoms with Gasteiger partial charge in [0.25, 0.3) is 0 Å². The van der Waals surface area contributed by atoms with E-state index in [1.165, 1.54) is 0 Å². The van der Waals surface area contributed by atoms with Crippen LogP contribution in [0.2, 0.25) is 0 Å². The van der Waals surface area contributed by atoms with Crippen LogP contribution in [0.1, 0.15) is 0 Å². The molecule has 0 aliphatic carbocycles. The van der Waals surface area contributed by atoms with Gasteiger partial charge in [0.15, 0.2) is 0 Å². The lowest BCUT2D eigenvalue weighted by Crippen LogP contribution is -2.30. The van der Waals surface area contributed by atoms with Crippen LogP contribution in [-0.2, 0) is 4.57 Å². The Morgan fingerprint density at radius 3 is 2.33 bits per heavy atom. The highest BCUT2D eigenvalue weighted by Gasteiger charge is 2.01. The molecule has 0 atom stereocenters. The molecule has 6 heavy (non-hydrogen) atoms. The fourth-order valence-corrected chi connectivity index (χ4v) is 0.0764. The molecular weight excluding hydrogens is 83.6 g/mol. The molecule has 0 fully saturated rings. The largest absolute Gasteiger partial charge is 0.535 e. The topological polar surface area (TPSA) is 75.7 Å². The monoisotopic (exact) mass is 89.0 g/mol. The molecule has 0 bridgehead atoms. The zero-order valence-corrected chi connectivity index (χ0v) is 3.16. The maximum atomic E-state index is 7.95. The molecule has 0 aromatic rings. The van der Waals surface area contributed by atoms with Crippen LogP contribution >= 0.6 is 0 Å². The molecule has 0 unspecified atom stereocenters. The Morgan fingerprint density at radius 1 is 1.83 bits per heavy atom. The van der Waals surface area contributed by atoms with Gasteiger partial charge in [0, 0.05) is 0 Å². The Labute approximate surface area is 36.4 Å². The first kappa shape index (κ1) is 5.97. The molecule has 4 nitrogen and oxygen atoms in total. The molecule has 0 aliphatic rings. The molecule has 0 aliphatic heterocycles. The van der Waals surface area contributed by atoms with Crippen molar-refractivity contribution in [3.05, 3.63) is 0 Å².